The number of rotatable bonds is 4. The normalized spacial score (nSPS) is 10.6. The van der Waals surface area contributed by atoms with Gasteiger partial charge in [0.15, 0.2) is 5.82 Å². The van der Waals surface area contributed by atoms with E-state index in [2.05, 4.69) is 21.6 Å². The molecule has 0 radical (unpaired) electrons. The van der Waals surface area contributed by atoms with E-state index in [0.29, 0.717) is 18.7 Å². The van der Waals surface area contributed by atoms with Crippen molar-refractivity contribution in [3.8, 4) is 6.07 Å². The SMILES string of the molecule is CCC(C#N)(CC)C(=O)Nc1cccnn1. The summed E-state index contributed by atoms with van der Waals surface area (Å²) in [5.41, 5.74) is -0.975. The first kappa shape index (κ1) is 12.1. The minimum Gasteiger partial charge on any atom is -0.308 e. The van der Waals surface area contributed by atoms with Crippen LogP contribution in [0.3, 0.4) is 0 Å². The summed E-state index contributed by atoms with van der Waals surface area (Å²) in [6, 6.07) is 5.39. The van der Waals surface area contributed by atoms with Crippen molar-refractivity contribution in [1.82, 2.24) is 10.2 Å². The summed E-state index contributed by atoms with van der Waals surface area (Å²) in [4.78, 5) is 11.9. The number of carbonyl (C=O) groups is 1. The van der Waals surface area contributed by atoms with Crippen molar-refractivity contribution >= 4 is 11.7 Å². The predicted molar refractivity (Wildman–Crippen MR) is 59.3 cm³/mol. The number of anilines is 1. The van der Waals surface area contributed by atoms with Gasteiger partial charge in [-0.2, -0.15) is 10.4 Å². The van der Waals surface area contributed by atoms with Crippen molar-refractivity contribution < 1.29 is 4.79 Å². The summed E-state index contributed by atoms with van der Waals surface area (Å²) >= 11 is 0. The Morgan fingerprint density at radius 1 is 1.56 bits per heavy atom. The van der Waals surface area contributed by atoms with Gasteiger partial charge in [-0.05, 0) is 25.0 Å². The van der Waals surface area contributed by atoms with Gasteiger partial charge in [-0.25, -0.2) is 0 Å². The molecule has 1 heterocycles. The molecule has 0 spiro atoms. The first-order chi connectivity index (χ1) is 7.68. The molecule has 0 aliphatic rings. The van der Waals surface area contributed by atoms with Crippen LogP contribution >= 0.6 is 0 Å². The van der Waals surface area contributed by atoms with Crippen LogP contribution in [0.1, 0.15) is 26.7 Å². The van der Waals surface area contributed by atoms with E-state index in [1.807, 2.05) is 13.8 Å². The number of hydrogen-bond donors (Lipinski definition) is 1. The molecule has 1 aromatic rings. The third-order valence-corrected chi connectivity index (χ3v) is 2.67. The largest absolute Gasteiger partial charge is 0.308 e. The maximum Gasteiger partial charge on any atom is 0.246 e. The maximum atomic E-state index is 11.9. The monoisotopic (exact) mass is 218 g/mol. The molecule has 0 saturated heterocycles. The Morgan fingerprint density at radius 3 is 2.69 bits per heavy atom. The van der Waals surface area contributed by atoms with E-state index >= 15 is 0 Å². The number of nitrogens with one attached hydrogen (secondary N) is 1. The Morgan fingerprint density at radius 2 is 2.25 bits per heavy atom. The van der Waals surface area contributed by atoms with E-state index in [9.17, 15) is 4.79 Å². The molecule has 1 aromatic heterocycles. The van der Waals surface area contributed by atoms with Crippen LogP contribution in [0.15, 0.2) is 18.3 Å². The highest BCUT2D eigenvalue weighted by molar-refractivity contribution is 5.96. The smallest absolute Gasteiger partial charge is 0.246 e. The molecule has 0 aliphatic carbocycles. The van der Waals surface area contributed by atoms with E-state index in [0.717, 1.165) is 0 Å². The molecule has 1 rings (SSSR count). The number of nitriles is 1. The Kier molecular flexibility index (Phi) is 3.95. The highest BCUT2D eigenvalue weighted by Crippen LogP contribution is 2.26. The molecular formula is C11H14N4O. The van der Waals surface area contributed by atoms with Crippen LogP contribution in [-0.2, 0) is 4.79 Å². The molecular weight excluding hydrogens is 204 g/mol. The second-order valence-electron chi connectivity index (χ2n) is 3.46. The average molecular weight is 218 g/mol. The number of nitrogens with zero attached hydrogens (tertiary/aromatic N) is 3. The molecule has 0 bridgehead atoms. The van der Waals surface area contributed by atoms with Gasteiger partial charge in [-0.3, -0.25) is 4.79 Å². The molecule has 84 valence electrons. The molecule has 5 heteroatoms. The highest BCUT2D eigenvalue weighted by Gasteiger charge is 2.35. The summed E-state index contributed by atoms with van der Waals surface area (Å²) in [7, 11) is 0. The zero-order valence-electron chi connectivity index (χ0n) is 9.40. The summed E-state index contributed by atoms with van der Waals surface area (Å²) in [6.07, 6.45) is 2.48. The summed E-state index contributed by atoms with van der Waals surface area (Å²) in [6.45, 7) is 3.64. The minimum atomic E-state index is -0.975. The molecule has 1 N–H and O–H groups in total. The van der Waals surface area contributed by atoms with Crippen molar-refractivity contribution in [3.63, 3.8) is 0 Å². The zero-order chi connectivity index (χ0) is 12.0. The van der Waals surface area contributed by atoms with Crippen LogP contribution in [0.4, 0.5) is 5.82 Å². The number of aromatic nitrogens is 2. The second kappa shape index (κ2) is 5.21. The van der Waals surface area contributed by atoms with Gasteiger partial charge in [0.25, 0.3) is 0 Å². The van der Waals surface area contributed by atoms with Crippen molar-refractivity contribution in [2.24, 2.45) is 5.41 Å². The number of hydrogen-bond acceptors (Lipinski definition) is 4. The van der Waals surface area contributed by atoms with Gasteiger partial charge in [0.05, 0.1) is 6.07 Å². The number of amides is 1. The zero-order valence-corrected chi connectivity index (χ0v) is 9.40. The fourth-order valence-corrected chi connectivity index (χ4v) is 1.38. The molecule has 0 aliphatic heterocycles. The molecule has 0 fully saturated rings. The molecule has 0 unspecified atom stereocenters. The molecule has 0 aromatic carbocycles. The lowest BCUT2D eigenvalue weighted by Gasteiger charge is -2.21. The predicted octanol–water partition coefficient (Wildman–Crippen LogP) is 1.75. The third-order valence-electron chi connectivity index (χ3n) is 2.67. The van der Waals surface area contributed by atoms with Gasteiger partial charge in [-0.15, -0.1) is 5.10 Å². The van der Waals surface area contributed by atoms with E-state index in [4.69, 9.17) is 5.26 Å². The summed E-state index contributed by atoms with van der Waals surface area (Å²) in [5.74, 6) is 0.0505. The fraction of sp³-hybridized carbons (Fsp3) is 0.455. The van der Waals surface area contributed by atoms with E-state index in [1.165, 1.54) is 6.20 Å². The van der Waals surface area contributed by atoms with Crippen LogP contribution in [0.5, 0.6) is 0 Å². The van der Waals surface area contributed by atoms with Gasteiger partial charge in [0, 0.05) is 6.20 Å². The number of carbonyl (C=O) groups excluding carboxylic acids is 1. The van der Waals surface area contributed by atoms with Crippen LogP contribution < -0.4 is 5.32 Å². The quantitative estimate of drug-likeness (QED) is 0.834. The lowest BCUT2D eigenvalue weighted by molar-refractivity contribution is -0.123. The van der Waals surface area contributed by atoms with Crippen LogP contribution in [0.25, 0.3) is 0 Å². The Hall–Kier alpha value is -1.96. The van der Waals surface area contributed by atoms with Crippen LogP contribution in [0.2, 0.25) is 0 Å². The minimum absolute atomic E-state index is 0.319. The van der Waals surface area contributed by atoms with E-state index < -0.39 is 5.41 Å². The van der Waals surface area contributed by atoms with Crippen molar-refractivity contribution in [2.75, 3.05) is 5.32 Å². The topological polar surface area (TPSA) is 78.7 Å². The highest BCUT2D eigenvalue weighted by atomic mass is 16.2. The maximum absolute atomic E-state index is 11.9. The Bertz CT molecular complexity index is 392. The molecule has 16 heavy (non-hydrogen) atoms. The molecule has 0 atom stereocenters. The van der Waals surface area contributed by atoms with Crippen molar-refractivity contribution in [3.05, 3.63) is 18.3 Å². The Labute approximate surface area is 94.5 Å². The lowest BCUT2D eigenvalue weighted by Crippen LogP contribution is -2.34. The average Bonchev–Trinajstić information content (AvgIpc) is 2.33. The summed E-state index contributed by atoms with van der Waals surface area (Å²) in [5, 5.41) is 19.1. The third kappa shape index (κ3) is 2.34. The standard InChI is InChI=1S/C11H14N4O/c1-3-11(4-2,8-12)10(16)14-9-6-5-7-13-15-9/h5-7H,3-4H2,1-2H3,(H,14,15,16). The first-order valence-electron chi connectivity index (χ1n) is 5.19. The van der Waals surface area contributed by atoms with Crippen molar-refractivity contribution in [2.45, 2.75) is 26.7 Å². The lowest BCUT2D eigenvalue weighted by atomic mass is 9.83. The van der Waals surface area contributed by atoms with Gasteiger partial charge in [-0.1, -0.05) is 13.8 Å². The summed E-state index contributed by atoms with van der Waals surface area (Å²) < 4.78 is 0. The van der Waals surface area contributed by atoms with Crippen LogP contribution in [0, 0.1) is 16.7 Å². The van der Waals surface area contributed by atoms with Gasteiger partial charge < -0.3 is 5.32 Å². The first-order valence-corrected chi connectivity index (χ1v) is 5.19. The Balaban J connectivity index is 2.83. The van der Waals surface area contributed by atoms with E-state index in [-0.39, 0.29) is 5.91 Å². The van der Waals surface area contributed by atoms with Gasteiger partial charge in [0.1, 0.15) is 5.41 Å². The van der Waals surface area contributed by atoms with Crippen LogP contribution in [-0.4, -0.2) is 16.1 Å². The molecule has 1 amide bonds. The second-order valence-corrected chi connectivity index (χ2v) is 3.46. The van der Waals surface area contributed by atoms with Crippen molar-refractivity contribution in [1.29, 1.82) is 5.26 Å². The molecule has 0 saturated carbocycles. The van der Waals surface area contributed by atoms with Gasteiger partial charge >= 0.3 is 0 Å². The van der Waals surface area contributed by atoms with E-state index in [1.54, 1.807) is 12.1 Å². The fourth-order valence-electron chi connectivity index (χ4n) is 1.38. The van der Waals surface area contributed by atoms with Gasteiger partial charge in [0.2, 0.25) is 5.91 Å². The molecule has 5 nitrogen and oxygen atoms in total.